The van der Waals surface area contributed by atoms with Gasteiger partial charge in [-0.25, -0.2) is 4.39 Å². The molecule has 0 saturated heterocycles. The van der Waals surface area contributed by atoms with Crippen molar-refractivity contribution in [2.45, 2.75) is 6.42 Å². The lowest BCUT2D eigenvalue weighted by Crippen LogP contribution is -2.17. The molecule has 1 aromatic carbocycles. The molecule has 0 aromatic heterocycles. The average molecular weight is 257 g/mol. The van der Waals surface area contributed by atoms with E-state index in [1.807, 2.05) is 0 Å². The van der Waals surface area contributed by atoms with Crippen LogP contribution in [0.25, 0.3) is 0 Å². The van der Waals surface area contributed by atoms with Crippen LogP contribution in [0, 0.1) is 17.7 Å². The number of rotatable bonds is 3. The zero-order valence-electron chi connectivity index (χ0n) is 8.73. The molecular weight excluding hydrogens is 247 g/mol. The van der Waals surface area contributed by atoms with Gasteiger partial charge in [0.1, 0.15) is 11.7 Å². The van der Waals surface area contributed by atoms with Crippen LogP contribution in [0.5, 0.6) is 0 Å². The highest BCUT2D eigenvalue weighted by atomic mass is 35.5. The summed E-state index contributed by atoms with van der Waals surface area (Å²) in [5, 5.41) is 11.3. The molecule has 17 heavy (non-hydrogen) atoms. The smallest absolute Gasteiger partial charge is 0.166 e. The highest BCUT2D eigenvalue weighted by Gasteiger charge is 2.46. The van der Waals surface area contributed by atoms with Gasteiger partial charge in [-0.2, -0.15) is 0 Å². The minimum Gasteiger partial charge on any atom is -0.409 e. The Hall–Kier alpha value is -1.62. The maximum Gasteiger partial charge on any atom is 0.166 e. The lowest BCUT2D eigenvalue weighted by Gasteiger charge is -2.01. The number of ketones is 1. The Balaban J connectivity index is 2.14. The van der Waals surface area contributed by atoms with Crippen LogP contribution >= 0.6 is 11.6 Å². The van der Waals surface area contributed by atoms with Crippen LogP contribution in [0.4, 0.5) is 4.39 Å². The zero-order chi connectivity index (χ0) is 12.6. The van der Waals surface area contributed by atoms with E-state index in [2.05, 4.69) is 5.16 Å². The molecular formula is C11H10ClFN2O2. The van der Waals surface area contributed by atoms with Crippen molar-refractivity contribution in [3.8, 4) is 0 Å². The van der Waals surface area contributed by atoms with Gasteiger partial charge in [-0.15, -0.1) is 0 Å². The third-order valence-corrected chi connectivity index (χ3v) is 3.12. The van der Waals surface area contributed by atoms with E-state index in [4.69, 9.17) is 22.5 Å². The van der Waals surface area contributed by atoms with E-state index < -0.39 is 5.82 Å². The lowest BCUT2D eigenvalue weighted by molar-refractivity contribution is 0.0964. The summed E-state index contributed by atoms with van der Waals surface area (Å²) >= 11 is 5.59. The summed E-state index contributed by atoms with van der Waals surface area (Å²) in [5.41, 5.74) is 5.74. The fourth-order valence-electron chi connectivity index (χ4n) is 1.75. The van der Waals surface area contributed by atoms with E-state index in [0.29, 0.717) is 12.0 Å². The van der Waals surface area contributed by atoms with Crippen molar-refractivity contribution in [1.29, 1.82) is 0 Å². The van der Waals surface area contributed by atoms with Crippen LogP contribution in [-0.4, -0.2) is 16.8 Å². The molecule has 6 heteroatoms. The highest BCUT2D eigenvalue weighted by Crippen LogP contribution is 2.41. The molecule has 0 spiro atoms. The van der Waals surface area contributed by atoms with Gasteiger partial charge in [0.05, 0.1) is 5.02 Å². The van der Waals surface area contributed by atoms with E-state index in [9.17, 15) is 9.18 Å². The molecule has 0 aliphatic heterocycles. The number of carbonyl (C=O) groups excluding carboxylic acids is 1. The Morgan fingerprint density at radius 3 is 2.82 bits per heavy atom. The fourth-order valence-corrected chi connectivity index (χ4v) is 1.93. The predicted octanol–water partition coefficient (Wildman–Crippen LogP) is 2.04. The maximum atomic E-state index is 12.9. The summed E-state index contributed by atoms with van der Waals surface area (Å²) in [7, 11) is 0. The van der Waals surface area contributed by atoms with Gasteiger partial charge < -0.3 is 10.9 Å². The van der Waals surface area contributed by atoms with Gasteiger partial charge in [0.2, 0.25) is 0 Å². The number of benzene rings is 1. The molecule has 0 amide bonds. The molecule has 1 aliphatic carbocycles. The molecule has 3 N–H and O–H groups in total. The largest absolute Gasteiger partial charge is 0.409 e. The molecule has 0 unspecified atom stereocenters. The predicted molar refractivity (Wildman–Crippen MR) is 60.7 cm³/mol. The highest BCUT2D eigenvalue weighted by molar-refractivity contribution is 6.31. The molecule has 90 valence electrons. The minimum absolute atomic E-state index is 0.0524. The molecule has 0 bridgehead atoms. The number of carbonyl (C=O) groups is 1. The first kappa shape index (κ1) is 11.9. The van der Waals surface area contributed by atoms with Crippen molar-refractivity contribution in [3.63, 3.8) is 0 Å². The monoisotopic (exact) mass is 256 g/mol. The van der Waals surface area contributed by atoms with E-state index in [1.165, 1.54) is 12.1 Å². The van der Waals surface area contributed by atoms with Gasteiger partial charge in [-0.05, 0) is 24.6 Å². The summed E-state index contributed by atoms with van der Waals surface area (Å²) in [4.78, 5) is 11.9. The van der Waals surface area contributed by atoms with Gasteiger partial charge in [0.15, 0.2) is 5.78 Å². The minimum atomic E-state index is -0.563. The summed E-state index contributed by atoms with van der Waals surface area (Å²) in [6, 6.07) is 3.82. The van der Waals surface area contributed by atoms with Crippen molar-refractivity contribution in [3.05, 3.63) is 34.6 Å². The fraction of sp³-hybridized carbons (Fsp3) is 0.273. The number of nitrogens with two attached hydrogens (primary N) is 1. The van der Waals surface area contributed by atoms with Gasteiger partial charge >= 0.3 is 0 Å². The number of Topliss-reactive ketones (excluding diaryl/α,β-unsaturated/α-hetero) is 1. The quantitative estimate of drug-likeness (QED) is 0.286. The molecule has 2 rings (SSSR count). The second kappa shape index (κ2) is 4.33. The second-order valence-corrected chi connectivity index (χ2v) is 4.37. The van der Waals surface area contributed by atoms with E-state index in [1.54, 1.807) is 0 Å². The van der Waals surface area contributed by atoms with E-state index in [-0.39, 0.29) is 28.5 Å². The number of halogens is 2. The first-order chi connectivity index (χ1) is 8.04. The van der Waals surface area contributed by atoms with E-state index in [0.717, 1.165) is 6.07 Å². The molecule has 1 aliphatic rings. The number of hydrogen-bond donors (Lipinski definition) is 2. The average Bonchev–Trinajstić information content (AvgIpc) is 3.11. The van der Waals surface area contributed by atoms with Crippen LogP contribution in [0.1, 0.15) is 16.8 Å². The third-order valence-electron chi connectivity index (χ3n) is 2.83. The summed E-state index contributed by atoms with van der Waals surface area (Å²) in [6.45, 7) is 0. The Morgan fingerprint density at radius 2 is 2.24 bits per heavy atom. The van der Waals surface area contributed by atoms with Crippen molar-refractivity contribution in [1.82, 2.24) is 0 Å². The first-order valence-electron chi connectivity index (χ1n) is 5.01. The number of amidine groups is 1. The van der Waals surface area contributed by atoms with Gasteiger partial charge in [0, 0.05) is 17.4 Å². The maximum absolute atomic E-state index is 12.9. The van der Waals surface area contributed by atoms with Gasteiger partial charge in [0.25, 0.3) is 0 Å². The molecule has 0 heterocycles. The van der Waals surface area contributed by atoms with Crippen molar-refractivity contribution >= 4 is 23.2 Å². The topological polar surface area (TPSA) is 75.7 Å². The molecule has 4 nitrogen and oxygen atoms in total. The number of hydrogen-bond acceptors (Lipinski definition) is 3. The summed E-state index contributed by atoms with van der Waals surface area (Å²) in [6.07, 6.45) is 0.545. The standard InChI is InChI=1S/C11H10ClFN2O2/c12-8-3-5(1-2-9(8)13)10(16)6-4-7(6)11(14)15-17/h1-3,6-7,17H,4H2,(H2,14,15)/t6-,7-/m0/s1. The summed E-state index contributed by atoms with van der Waals surface area (Å²) < 4.78 is 12.9. The number of oxime groups is 1. The van der Waals surface area contributed by atoms with Crippen LogP contribution in [-0.2, 0) is 0 Å². The Labute approximate surface area is 102 Å². The lowest BCUT2D eigenvalue weighted by atomic mass is 10.1. The molecule has 1 aromatic rings. The van der Waals surface area contributed by atoms with Crippen molar-refractivity contribution in [2.75, 3.05) is 0 Å². The van der Waals surface area contributed by atoms with Crippen LogP contribution < -0.4 is 5.73 Å². The van der Waals surface area contributed by atoms with E-state index >= 15 is 0 Å². The molecule has 1 fully saturated rings. The zero-order valence-corrected chi connectivity index (χ0v) is 9.49. The Bertz CT molecular complexity index is 504. The van der Waals surface area contributed by atoms with Crippen molar-refractivity contribution < 1.29 is 14.4 Å². The van der Waals surface area contributed by atoms with Crippen LogP contribution in [0.15, 0.2) is 23.4 Å². The molecule has 0 radical (unpaired) electrons. The first-order valence-corrected chi connectivity index (χ1v) is 5.39. The Morgan fingerprint density at radius 1 is 1.53 bits per heavy atom. The number of nitrogens with zero attached hydrogens (tertiary/aromatic N) is 1. The summed E-state index contributed by atoms with van der Waals surface area (Å²) in [5.74, 6) is -1.20. The van der Waals surface area contributed by atoms with Crippen LogP contribution in [0.2, 0.25) is 5.02 Å². The SMILES string of the molecule is N/C(=N\O)[C@H]1C[C@@H]1C(=O)c1ccc(F)c(Cl)c1. The third kappa shape index (κ3) is 2.24. The van der Waals surface area contributed by atoms with Gasteiger partial charge in [-0.3, -0.25) is 4.79 Å². The van der Waals surface area contributed by atoms with Crippen molar-refractivity contribution in [2.24, 2.45) is 22.7 Å². The molecule has 1 saturated carbocycles. The normalized spacial score (nSPS) is 23.5. The Kier molecular flexibility index (Phi) is 3.02. The van der Waals surface area contributed by atoms with Crippen LogP contribution in [0.3, 0.4) is 0 Å². The second-order valence-electron chi connectivity index (χ2n) is 3.97. The van der Waals surface area contributed by atoms with Gasteiger partial charge in [-0.1, -0.05) is 16.8 Å². The molecule has 2 atom stereocenters.